The lowest BCUT2D eigenvalue weighted by atomic mass is 10.1. The van der Waals surface area contributed by atoms with Crippen LogP contribution in [0.25, 0.3) is 0 Å². The summed E-state index contributed by atoms with van der Waals surface area (Å²) in [6.07, 6.45) is 3.88. The van der Waals surface area contributed by atoms with E-state index in [0.717, 1.165) is 51.6 Å². The molecular weight excluding hydrogens is 242 g/mol. The molecule has 19 heavy (non-hydrogen) atoms. The number of likely N-dealkylation sites (N-methyl/N-ethyl adjacent to an activating group) is 1. The van der Waals surface area contributed by atoms with Crippen molar-refractivity contribution in [3.63, 3.8) is 0 Å². The Morgan fingerprint density at radius 2 is 2.26 bits per heavy atom. The molecule has 1 N–H and O–H groups in total. The van der Waals surface area contributed by atoms with Crippen LogP contribution in [0.3, 0.4) is 0 Å². The summed E-state index contributed by atoms with van der Waals surface area (Å²) in [7, 11) is 1.97. The summed E-state index contributed by atoms with van der Waals surface area (Å²) in [5.41, 5.74) is 0. The molecule has 0 aliphatic carbocycles. The fourth-order valence-corrected chi connectivity index (χ4v) is 2.96. The smallest absolute Gasteiger partial charge is 0.147 e. The van der Waals surface area contributed by atoms with Gasteiger partial charge < -0.3 is 14.6 Å². The van der Waals surface area contributed by atoms with Crippen LogP contribution in [0.1, 0.15) is 24.5 Å². The normalized spacial score (nSPS) is 24.4. The third-order valence-electron chi connectivity index (χ3n) is 3.96. The molecule has 6 heteroatoms. The van der Waals surface area contributed by atoms with Gasteiger partial charge in [-0.25, -0.2) is 0 Å². The minimum atomic E-state index is 0.294. The van der Waals surface area contributed by atoms with Gasteiger partial charge in [0.05, 0.1) is 19.3 Å². The Balaban J connectivity index is 1.63. The molecule has 1 atom stereocenters. The molecule has 0 aromatic carbocycles. The second kappa shape index (κ2) is 5.98. The van der Waals surface area contributed by atoms with Gasteiger partial charge in [-0.15, -0.1) is 10.2 Å². The average Bonchev–Trinajstić information content (AvgIpc) is 2.83. The zero-order chi connectivity index (χ0) is 13.1. The van der Waals surface area contributed by atoms with Gasteiger partial charge in [0.15, 0.2) is 0 Å². The van der Waals surface area contributed by atoms with Gasteiger partial charge in [-0.05, 0) is 19.9 Å². The number of morpholine rings is 1. The lowest BCUT2D eigenvalue weighted by molar-refractivity contribution is -0.0302. The highest BCUT2D eigenvalue weighted by molar-refractivity contribution is 4.99. The number of rotatable bonds is 4. The van der Waals surface area contributed by atoms with Gasteiger partial charge in [-0.2, -0.15) is 0 Å². The van der Waals surface area contributed by atoms with E-state index in [1.54, 1.807) is 0 Å². The topological polar surface area (TPSA) is 55.2 Å². The average molecular weight is 265 g/mol. The largest absolute Gasteiger partial charge is 0.374 e. The summed E-state index contributed by atoms with van der Waals surface area (Å²) < 4.78 is 8.04. The van der Waals surface area contributed by atoms with Crippen LogP contribution in [0.15, 0.2) is 0 Å². The summed E-state index contributed by atoms with van der Waals surface area (Å²) in [6.45, 7) is 5.67. The van der Waals surface area contributed by atoms with Crippen LogP contribution in [-0.2, 0) is 24.2 Å². The molecule has 1 fully saturated rings. The van der Waals surface area contributed by atoms with E-state index in [2.05, 4.69) is 25.0 Å². The third-order valence-corrected chi connectivity index (χ3v) is 3.96. The molecule has 3 rings (SSSR count). The molecule has 1 saturated heterocycles. The summed E-state index contributed by atoms with van der Waals surface area (Å²) in [5.74, 6) is 2.29. The molecule has 1 unspecified atom stereocenters. The van der Waals surface area contributed by atoms with Crippen LogP contribution >= 0.6 is 0 Å². The molecule has 2 aliphatic heterocycles. The zero-order valence-electron chi connectivity index (χ0n) is 11.6. The fraction of sp³-hybridized carbons (Fsp3) is 0.846. The van der Waals surface area contributed by atoms with Gasteiger partial charge in [0.25, 0.3) is 0 Å². The molecule has 1 aromatic heterocycles. The van der Waals surface area contributed by atoms with E-state index in [9.17, 15) is 0 Å². The maximum absolute atomic E-state index is 5.73. The summed E-state index contributed by atoms with van der Waals surface area (Å²) in [4.78, 5) is 2.43. The van der Waals surface area contributed by atoms with E-state index < -0.39 is 0 Å². The van der Waals surface area contributed by atoms with Gasteiger partial charge in [-0.3, -0.25) is 4.90 Å². The van der Waals surface area contributed by atoms with Crippen molar-refractivity contribution in [2.45, 2.75) is 38.5 Å². The van der Waals surface area contributed by atoms with Crippen molar-refractivity contribution < 1.29 is 4.74 Å². The Morgan fingerprint density at radius 1 is 1.32 bits per heavy atom. The standard InChI is InChI=1S/C13H23N5O/c1-14-8-11-9-17(6-7-19-11)10-13-16-15-12-4-2-3-5-18(12)13/h11,14H,2-10H2,1H3. The van der Waals surface area contributed by atoms with Gasteiger partial charge in [0.2, 0.25) is 0 Å². The quantitative estimate of drug-likeness (QED) is 0.833. The Hall–Kier alpha value is -0.980. The van der Waals surface area contributed by atoms with Crippen LogP contribution in [-0.4, -0.2) is 59.1 Å². The molecule has 0 radical (unpaired) electrons. The van der Waals surface area contributed by atoms with Gasteiger partial charge in [-0.1, -0.05) is 0 Å². The maximum atomic E-state index is 5.73. The Labute approximate surface area is 114 Å². The van der Waals surface area contributed by atoms with Gasteiger partial charge in [0.1, 0.15) is 11.6 Å². The van der Waals surface area contributed by atoms with Gasteiger partial charge in [0, 0.05) is 32.6 Å². The molecule has 106 valence electrons. The number of nitrogens with zero attached hydrogens (tertiary/aromatic N) is 4. The minimum Gasteiger partial charge on any atom is -0.374 e. The van der Waals surface area contributed by atoms with Crippen LogP contribution < -0.4 is 5.32 Å². The van der Waals surface area contributed by atoms with E-state index in [4.69, 9.17) is 4.74 Å². The van der Waals surface area contributed by atoms with Crippen molar-refractivity contribution in [1.82, 2.24) is 25.0 Å². The van der Waals surface area contributed by atoms with E-state index in [1.807, 2.05) is 7.05 Å². The summed E-state index contributed by atoms with van der Waals surface area (Å²) in [6, 6.07) is 0. The molecular formula is C13H23N5O. The molecule has 3 heterocycles. The predicted molar refractivity (Wildman–Crippen MR) is 71.9 cm³/mol. The molecule has 6 nitrogen and oxygen atoms in total. The van der Waals surface area contributed by atoms with Crippen LogP contribution in [0.5, 0.6) is 0 Å². The van der Waals surface area contributed by atoms with Crippen molar-refractivity contribution in [2.75, 3.05) is 33.3 Å². The van der Waals surface area contributed by atoms with E-state index in [-0.39, 0.29) is 0 Å². The van der Waals surface area contributed by atoms with E-state index in [1.165, 1.54) is 18.7 Å². The van der Waals surface area contributed by atoms with Gasteiger partial charge >= 0.3 is 0 Å². The Kier molecular flexibility index (Phi) is 4.10. The number of fused-ring (bicyclic) bond motifs is 1. The predicted octanol–water partition coefficient (Wildman–Crippen LogP) is 0.0346. The highest BCUT2D eigenvalue weighted by Gasteiger charge is 2.23. The third kappa shape index (κ3) is 2.96. The SMILES string of the molecule is CNCC1CN(Cc2nnc3n2CCCC3)CCO1. The first kappa shape index (κ1) is 13.0. The van der Waals surface area contributed by atoms with Crippen molar-refractivity contribution in [1.29, 1.82) is 0 Å². The zero-order valence-corrected chi connectivity index (χ0v) is 11.6. The van der Waals surface area contributed by atoms with Crippen molar-refractivity contribution >= 4 is 0 Å². The number of hydrogen-bond donors (Lipinski definition) is 1. The number of aromatic nitrogens is 3. The Morgan fingerprint density at radius 3 is 3.16 bits per heavy atom. The maximum Gasteiger partial charge on any atom is 0.147 e. The highest BCUT2D eigenvalue weighted by atomic mass is 16.5. The first-order valence-corrected chi connectivity index (χ1v) is 7.26. The number of nitrogens with one attached hydrogen (secondary N) is 1. The van der Waals surface area contributed by atoms with Crippen LogP contribution in [0.4, 0.5) is 0 Å². The molecule has 0 saturated carbocycles. The summed E-state index contributed by atoms with van der Waals surface area (Å²) >= 11 is 0. The number of aryl methyl sites for hydroxylation is 1. The fourth-order valence-electron chi connectivity index (χ4n) is 2.96. The number of ether oxygens (including phenoxy) is 1. The summed E-state index contributed by atoms with van der Waals surface area (Å²) in [5, 5.41) is 11.9. The van der Waals surface area contributed by atoms with Crippen LogP contribution in [0, 0.1) is 0 Å². The van der Waals surface area contributed by atoms with E-state index in [0.29, 0.717) is 6.10 Å². The van der Waals surface area contributed by atoms with Crippen LogP contribution in [0.2, 0.25) is 0 Å². The molecule has 1 aromatic rings. The molecule has 0 bridgehead atoms. The number of hydrogen-bond acceptors (Lipinski definition) is 5. The lowest BCUT2D eigenvalue weighted by Crippen LogP contribution is -2.46. The first-order valence-electron chi connectivity index (χ1n) is 7.26. The highest BCUT2D eigenvalue weighted by Crippen LogP contribution is 2.16. The second-order valence-corrected chi connectivity index (χ2v) is 5.43. The van der Waals surface area contributed by atoms with Crippen molar-refractivity contribution in [2.24, 2.45) is 0 Å². The second-order valence-electron chi connectivity index (χ2n) is 5.43. The molecule has 0 amide bonds. The van der Waals surface area contributed by atoms with E-state index >= 15 is 0 Å². The Bertz CT molecular complexity index is 417. The van der Waals surface area contributed by atoms with Crippen molar-refractivity contribution in [3.8, 4) is 0 Å². The van der Waals surface area contributed by atoms with Crippen molar-refractivity contribution in [3.05, 3.63) is 11.6 Å². The molecule has 0 spiro atoms. The monoisotopic (exact) mass is 265 g/mol. The minimum absolute atomic E-state index is 0.294. The molecule has 2 aliphatic rings. The first-order chi connectivity index (χ1) is 9.36. The lowest BCUT2D eigenvalue weighted by Gasteiger charge is -2.32.